The second-order valence-electron chi connectivity index (χ2n) is 5.28. The molecule has 0 aliphatic carbocycles. The van der Waals surface area contributed by atoms with E-state index in [-0.39, 0.29) is 6.04 Å². The van der Waals surface area contributed by atoms with Crippen LogP contribution in [0.3, 0.4) is 0 Å². The van der Waals surface area contributed by atoms with Crippen LogP contribution in [0.1, 0.15) is 32.3 Å². The predicted octanol–water partition coefficient (Wildman–Crippen LogP) is 2.44. The molecule has 1 unspecified atom stereocenters. The molecule has 0 aromatic heterocycles. The fourth-order valence-corrected chi connectivity index (χ4v) is 2.64. The van der Waals surface area contributed by atoms with Crippen LogP contribution < -0.4 is 4.90 Å². The van der Waals surface area contributed by atoms with Crippen molar-refractivity contribution < 1.29 is 9.50 Å². The monoisotopic (exact) mass is 248 g/mol. The summed E-state index contributed by atoms with van der Waals surface area (Å²) in [4.78, 5) is 2.01. The first kappa shape index (κ1) is 12.8. The Kier molecular flexibility index (Phi) is 3.27. The van der Waals surface area contributed by atoms with Crippen LogP contribution in [-0.4, -0.2) is 23.3 Å². The van der Waals surface area contributed by atoms with Gasteiger partial charge in [0.1, 0.15) is 11.9 Å². The molecule has 1 aliphatic heterocycles. The molecule has 1 atom stereocenters. The summed E-state index contributed by atoms with van der Waals surface area (Å²) in [7, 11) is 0. The van der Waals surface area contributed by atoms with Gasteiger partial charge >= 0.3 is 0 Å². The fourth-order valence-electron chi connectivity index (χ4n) is 2.64. The molecule has 0 amide bonds. The van der Waals surface area contributed by atoms with Gasteiger partial charge in [-0.1, -0.05) is 0 Å². The first-order valence-corrected chi connectivity index (χ1v) is 6.12. The molecule has 1 aromatic rings. The summed E-state index contributed by atoms with van der Waals surface area (Å²) in [6.07, 6.45) is 1.85. The Morgan fingerprint density at radius 3 is 2.83 bits per heavy atom. The van der Waals surface area contributed by atoms with Crippen LogP contribution in [0.4, 0.5) is 10.1 Å². The molecule has 1 heterocycles. The van der Waals surface area contributed by atoms with E-state index >= 15 is 0 Å². The molecule has 3 nitrogen and oxygen atoms in total. The summed E-state index contributed by atoms with van der Waals surface area (Å²) in [6, 6.07) is 6.21. The number of nitrogens with zero attached hydrogens (tertiary/aromatic N) is 2. The average Bonchev–Trinajstić information content (AvgIpc) is 2.77. The highest BCUT2D eigenvalue weighted by Gasteiger charge is 2.36. The lowest BCUT2D eigenvalue weighted by atomic mass is 9.96. The van der Waals surface area contributed by atoms with Crippen LogP contribution in [0.15, 0.2) is 18.2 Å². The Morgan fingerprint density at radius 2 is 2.22 bits per heavy atom. The normalized spacial score (nSPS) is 19.9. The van der Waals surface area contributed by atoms with Crippen molar-refractivity contribution in [3.8, 4) is 6.07 Å². The van der Waals surface area contributed by atoms with Crippen LogP contribution in [0, 0.1) is 17.1 Å². The SMILES string of the molecule is CC(C)(O)C1CCCN1c1ccc(F)cc1C#N. The lowest BCUT2D eigenvalue weighted by molar-refractivity contribution is 0.0535. The number of halogens is 1. The van der Waals surface area contributed by atoms with E-state index in [0.29, 0.717) is 11.3 Å². The zero-order chi connectivity index (χ0) is 13.3. The molecule has 1 N–H and O–H groups in total. The predicted molar refractivity (Wildman–Crippen MR) is 67.8 cm³/mol. The van der Waals surface area contributed by atoms with Crippen molar-refractivity contribution in [2.24, 2.45) is 0 Å². The van der Waals surface area contributed by atoms with Gasteiger partial charge in [-0.15, -0.1) is 0 Å². The number of rotatable bonds is 2. The lowest BCUT2D eigenvalue weighted by Crippen LogP contribution is -2.46. The minimum Gasteiger partial charge on any atom is -0.388 e. The summed E-state index contributed by atoms with van der Waals surface area (Å²) < 4.78 is 13.1. The van der Waals surface area contributed by atoms with E-state index in [9.17, 15) is 9.50 Å². The largest absolute Gasteiger partial charge is 0.388 e. The van der Waals surface area contributed by atoms with Gasteiger partial charge in [-0.2, -0.15) is 5.26 Å². The van der Waals surface area contributed by atoms with Gasteiger partial charge in [0.25, 0.3) is 0 Å². The second kappa shape index (κ2) is 4.58. The molecule has 0 saturated carbocycles. The van der Waals surface area contributed by atoms with Crippen LogP contribution in [0.2, 0.25) is 0 Å². The quantitative estimate of drug-likeness (QED) is 0.874. The van der Waals surface area contributed by atoms with Crippen molar-refractivity contribution >= 4 is 5.69 Å². The van der Waals surface area contributed by atoms with Gasteiger partial charge in [-0.25, -0.2) is 4.39 Å². The van der Waals surface area contributed by atoms with Gasteiger partial charge in [0.15, 0.2) is 0 Å². The van der Waals surface area contributed by atoms with Gasteiger partial charge in [-0.3, -0.25) is 0 Å². The summed E-state index contributed by atoms with van der Waals surface area (Å²) in [6.45, 7) is 4.33. The third kappa shape index (κ3) is 2.32. The standard InChI is InChI=1S/C14H17FN2O/c1-14(2,18)13-4-3-7-17(13)12-6-5-11(15)8-10(12)9-16/h5-6,8,13,18H,3-4,7H2,1-2H3. The van der Waals surface area contributed by atoms with E-state index in [4.69, 9.17) is 5.26 Å². The summed E-state index contributed by atoms with van der Waals surface area (Å²) in [5.74, 6) is -0.408. The molecule has 2 rings (SSSR count). The molecular formula is C14H17FN2O. The number of hydrogen-bond acceptors (Lipinski definition) is 3. The van der Waals surface area contributed by atoms with E-state index in [1.54, 1.807) is 19.9 Å². The molecular weight excluding hydrogens is 231 g/mol. The Hall–Kier alpha value is -1.60. The Morgan fingerprint density at radius 1 is 1.50 bits per heavy atom. The van der Waals surface area contributed by atoms with Crippen LogP contribution in [-0.2, 0) is 0 Å². The number of benzene rings is 1. The third-order valence-corrected chi connectivity index (χ3v) is 3.46. The molecule has 0 spiro atoms. The summed E-state index contributed by atoms with van der Waals surface area (Å²) >= 11 is 0. The van der Waals surface area contributed by atoms with E-state index in [0.717, 1.165) is 19.4 Å². The zero-order valence-corrected chi connectivity index (χ0v) is 10.7. The molecule has 4 heteroatoms. The highest BCUT2D eigenvalue weighted by atomic mass is 19.1. The zero-order valence-electron chi connectivity index (χ0n) is 10.7. The maximum absolute atomic E-state index is 13.1. The molecule has 1 fully saturated rings. The first-order chi connectivity index (χ1) is 8.43. The molecule has 1 saturated heterocycles. The van der Waals surface area contributed by atoms with Crippen LogP contribution in [0.25, 0.3) is 0 Å². The smallest absolute Gasteiger partial charge is 0.124 e. The van der Waals surface area contributed by atoms with Gasteiger partial charge < -0.3 is 10.0 Å². The van der Waals surface area contributed by atoms with Crippen LogP contribution in [0.5, 0.6) is 0 Å². The third-order valence-electron chi connectivity index (χ3n) is 3.46. The lowest BCUT2D eigenvalue weighted by Gasteiger charge is -2.35. The summed E-state index contributed by atoms with van der Waals surface area (Å²) in [5, 5.41) is 19.3. The van der Waals surface area contributed by atoms with E-state index in [1.165, 1.54) is 12.1 Å². The summed E-state index contributed by atoms with van der Waals surface area (Å²) in [5.41, 5.74) is 0.201. The average molecular weight is 248 g/mol. The highest BCUT2D eigenvalue weighted by molar-refractivity contribution is 5.61. The topological polar surface area (TPSA) is 47.3 Å². The van der Waals surface area contributed by atoms with Crippen molar-refractivity contribution in [1.82, 2.24) is 0 Å². The Labute approximate surface area is 106 Å². The highest BCUT2D eigenvalue weighted by Crippen LogP contribution is 2.33. The van der Waals surface area contributed by atoms with Crippen molar-refractivity contribution in [1.29, 1.82) is 5.26 Å². The molecule has 96 valence electrons. The maximum atomic E-state index is 13.1. The first-order valence-electron chi connectivity index (χ1n) is 6.12. The van der Waals surface area contributed by atoms with Gasteiger partial charge in [0, 0.05) is 6.54 Å². The maximum Gasteiger partial charge on any atom is 0.124 e. The number of nitriles is 1. The van der Waals surface area contributed by atoms with E-state index in [1.807, 2.05) is 11.0 Å². The number of aliphatic hydroxyl groups is 1. The molecule has 0 radical (unpaired) electrons. The Balaban J connectivity index is 2.40. The fraction of sp³-hybridized carbons (Fsp3) is 0.500. The van der Waals surface area contributed by atoms with Crippen molar-refractivity contribution in [2.45, 2.75) is 38.3 Å². The number of hydrogen-bond donors (Lipinski definition) is 1. The molecule has 18 heavy (non-hydrogen) atoms. The van der Waals surface area contributed by atoms with E-state index < -0.39 is 11.4 Å². The second-order valence-corrected chi connectivity index (χ2v) is 5.28. The van der Waals surface area contributed by atoms with Crippen molar-refractivity contribution in [3.05, 3.63) is 29.6 Å². The Bertz CT molecular complexity index is 488. The molecule has 1 aliphatic rings. The molecule has 1 aromatic carbocycles. The number of anilines is 1. The van der Waals surface area contributed by atoms with Gasteiger partial charge in [0.05, 0.1) is 22.9 Å². The van der Waals surface area contributed by atoms with Crippen molar-refractivity contribution in [2.75, 3.05) is 11.4 Å². The van der Waals surface area contributed by atoms with Crippen LogP contribution >= 0.6 is 0 Å². The minimum absolute atomic E-state index is 0.0324. The van der Waals surface area contributed by atoms with E-state index in [2.05, 4.69) is 0 Å². The van der Waals surface area contributed by atoms with Gasteiger partial charge in [0.2, 0.25) is 0 Å². The minimum atomic E-state index is -0.836. The van der Waals surface area contributed by atoms with Crippen molar-refractivity contribution in [3.63, 3.8) is 0 Å². The van der Waals surface area contributed by atoms with Gasteiger partial charge in [-0.05, 0) is 44.9 Å². The molecule has 0 bridgehead atoms.